The van der Waals surface area contributed by atoms with Crippen LogP contribution in [-0.2, 0) is 11.2 Å². The van der Waals surface area contributed by atoms with Gasteiger partial charge in [-0.3, -0.25) is 4.79 Å². The molecule has 0 saturated carbocycles. The molecule has 174 valence electrons. The zero-order valence-corrected chi connectivity index (χ0v) is 21.3. The molecule has 2 heterocycles. The lowest BCUT2D eigenvalue weighted by Gasteiger charge is -2.37. The fourth-order valence-corrected chi connectivity index (χ4v) is 4.45. The van der Waals surface area contributed by atoms with Crippen LogP contribution >= 0.6 is 23.2 Å². The van der Waals surface area contributed by atoms with Crippen LogP contribution in [0.5, 0.6) is 0 Å². The van der Waals surface area contributed by atoms with Crippen LogP contribution in [0.3, 0.4) is 0 Å². The molecule has 0 spiro atoms. The summed E-state index contributed by atoms with van der Waals surface area (Å²) < 4.78 is 0. The predicted octanol–water partition coefficient (Wildman–Crippen LogP) is 5.89. The average molecular weight is 477 g/mol. The molecule has 0 bridgehead atoms. The highest BCUT2D eigenvalue weighted by molar-refractivity contribution is 6.35. The maximum absolute atomic E-state index is 12.5. The zero-order valence-electron chi connectivity index (χ0n) is 19.8. The van der Waals surface area contributed by atoms with Crippen molar-refractivity contribution in [2.75, 3.05) is 31.1 Å². The first kappa shape index (κ1) is 24.8. The van der Waals surface area contributed by atoms with Crippen molar-refractivity contribution in [2.24, 2.45) is 5.92 Å². The molecule has 1 aromatic heterocycles. The van der Waals surface area contributed by atoms with Crippen molar-refractivity contribution in [2.45, 2.75) is 59.8 Å². The Kier molecular flexibility index (Phi) is 8.40. The third kappa shape index (κ3) is 5.93. The summed E-state index contributed by atoms with van der Waals surface area (Å²) >= 11 is 12.6. The number of anilines is 1. The van der Waals surface area contributed by atoms with Crippen LogP contribution in [-0.4, -0.2) is 47.0 Å². The second-order valence-electron chi connectivity index (χ2n) is 9.16. The van der Waals surface area contributed by atoms with Crippen LogP contribution in [0.15, 0.2) is 18.2 Å². The summed E-state index contributed by atoms with van der Waals surface area (Å²) in [6, 6.07) is 5.62. The number of hydrogen-bond donors (Lipinski definition) is 0. The van der Waals surface area contributed by atoms with Gasteiger partial charge in [0, 0.05) is 66.2 Å². The first-order chi connectivity index (χ1) is 15.2. The Hall–Kier alpha value is -1.85. The second-order valence-corrected chi connectivity index (χ2v) is 10.0. The van der Waals surface area contributed by atoms with Gasteiger partial charge in [0.2, 0.25) is 5.91 Å². The number of hydrogen-bond acceptors (Lipinski definition) is 4. The summed E-state index contributed by atoms with van der Waals surface area (Å²) in [4.78, 5) is 26.7. The molecule has 0 unspecified atom stereocenters. The fraction of sp³-hybridized carbons (Fsp3) is 0.560. The van der Waals surface area contributed by atoms with Gasteiger partial charge in [0.1, 0.15) is 11.6 Å². The SMILES string of the molecule is CC[C@H](C)c1nc(C)c(Cc2ccc(Cl)cc2Cl)c(N2CCN(C(=O)CC(C)C)CC2)n1. The quantitative estimate of drug-likeness (QED) is 0.499. The molecule has 0 aliphatic carbocycles. The van der Waals surface area contributed by atoms with Crippen molar-refractivity contribution in [3.8, 4) is 0 Å². The number of benzene rings is 1. The van der Waals surface area contributed by atoms with Gasteiger partial charge >= 0.3 is 0 Å². The minimum absolute atomic E-state index is 0.243. The predicted molar refractivity (Wildman–Crippen MR) is 133 cm³/mol. The molecule has 1 saturated heterocycles. The van der Waals surface area contributed by atoms with Gasteiger partial charge in [0.15, 0.2) is 0 Å². The second kappa shape index (κ2) is 10.8. The lowest BCUT2D eigenvalue weighted by molar-refractivity contribution is -0.132. The van der Waals surface area contributed by atoms with E-state index < -0.39 is 0 Å². The van der Waals surface area contributed by atoms with Gasteiger partial charge < -0.3 is 9.80 Å². The molecule has 0 radical (unpaired) electrons. The maximum atomic E-state index is 12.5. The van der Waals surface area contributed by atoms with E-state index in [9.17, 15) is 4.79 Å². The number of aromatic nitrogens is 2. The van der Waals surface area contributed by atoms with Gasteiger partial charge in [0.25, 0.3) is 0 Å². The van der Waals surface area contributed by atoms with Gasteiger partial charge in [-0.1, -0.05) is 57.0 Å². The minimum atomic E-state index is 0.243. The molecular formula is C25H34Cl2N4O. The highest BCUT2D eigenvalue weighted by atomic mass is 35.5. The third-order valence-electron chi connectivity index (χ3n) is 6.16. The fourth-order valence-electron chi connectivity index (χ4n) is 3.98. The molecular weight excluding hydrogens is 443 g/mol. The van der Waals surface area contributed by atoms with E-state index >= 15 is 0 Å². The number of aryl methyl sites for hydroxylation is 1. The van der Waals surface area contributed by atoms with E-state index in [4.69, 9.17) is 33.2 Å². The number of piperazine rings is 1. The monoisotopic (exact) mass is 476 g/mol. The van der Waals surface area contributed by atoms with Crippen LogP contribution < -0.4 is 4.90 Å². The van der Waals surface area contributed by atoms with Crippen molar-refractivity contribution < 1.29 is 4.79 Å². The zero-order chi connectivity index (χ0) is 23.4. The highest BCUT2D eigenvalue weighted by Crippen LogP contribution is 2.30. The van der Waals surface area contributed by atoms with Crippen LogP contribution in [0, 0.1) is 12.8 Å². The van der Waals surface area contributed by atoms with Gasteiger partial charge in [-0.2, -0.15) is 0 Å². The largest absolute Gasteiger partial charge is 0.353 e. The summed E-state index contributed by atoms with van der Waals surface area (Å²) in [5.41, 5.74) is 3.07. The van der Waals surface area contributed by atoms with Crippen molar-refractivity contribution in [3.05, 3.63) is 50.9 Å². The topological polar surface area (TPSA) is 49.3 Å². The Balaban J connectivity index is 1.90. The normalized spacial score (nSPS) is 15.4. The molecule has 1 fully saturated rings. The van der Waals surface area contributed by atoms with E-state index in [0.29, 0.717) is 41.9 Å². The third-order valence-corrected chi connectivity index (χ3v) is 6.75. The lowest BCUT2D eigenvalue weighted by atomic mass is 10.0. The minimum Gasteiger partial charge on any atom is -0.353 e. The van der Waals surface area contributed by atoms with Crippen molar-refractivity contribution in [3.63, 3.8) is 0 Å². The molecule has 3 rings (SSSR count). The number of halogens is 2. The summed E-state index contributed by atoms with van der Waals surface area (Å²) in [7, 11) is 0. The van der Waals surface area contributed by atoms with E-state index in [2.05, 4.69) is 39.5 Å². The van der Waals surface area contributed by atoms with Crippen LogP contribution in [0.1, 0.15) is 69.1 Å². The molecule has 1 aliphatic rings. The number of amides is 1. The Labute approximate surface area is 202 Å². The number of carbonyl (C=O) groups is 1. The lowest BCUT2D eigenvalue weighted by Crippen LogP contribution is -2.49. The number of rotatable bonds is 7. The van der Waals surface area contributed by atoms with E-state index in [1.807, 2.05) is 17.0 Å². The summed E-state index contributed by atoms with van der Waals surface area (Å²) in [6.45, 7) is 13.5. The Morgan fingerprint density at radius 2 is 1.78 bits per heavy atom. The molecule has 1 aliphatic heterocycles. The smallest absolute Gasteiger partial charge is 0.222 e. The molecule has 5 nitrogen and oxygen atoms in total. The molecule has 1 aromatic carbocycles. The van der Waals surface area contributed by atoms with Crippen molar-refractivity contribution >= 4 is 34.9 Å². The Morgan fingerprint density at radius 3 is 2.38 bits per heavy atom. The average Bonchev–Trinajstić information content (AvgIpc) is 2.75. The molecule has 2 aromatic rings. The van der Waals surface area contributed by atoms with E-state index in [1.54, 1.807) is 6.07 Å². The van der Waals surface area contributed by atoms with Crippen molar-refractivity contribution in [1.82, 2.24) is 14.9 Å². The van der Waals surface area contributed by atoms with Crippen LogP contribution in [0.25, 0.3) is 0 Å². The van der Waals surface area contributed by atoms with Gasteiger partial charge in [-0.15, -0.1) is 0 Å². The molecule has 1 atom stereocenters. The number of nitrogens with zero attached hydrogens (tertiary/aromatic N) is 4. The standard InChI is InChI=1S/C25H34Cl2N4O/c1-6-17(4)24-28-18(5)21(14-19-7-8-20(26)15-22(19)27)25(29-24)31-11-9-30(10-12-31)23(32)13-16(2)3/h7-8,15-17H,6,9-14H2,1-5H3/t17-/m0/s1. The molecule has 7 heteroatoms. The number of carbonyl (C=O) groups excluding carboxylic acids is 1. The van der Waals surface area contributed by atoms with Crippen LogP contribution in [0.2, 0.25) is 10.0 Å². The van der Waals surface area contributed by atoms with Gasteiger partial charge in [-0.25, -0.2) is 9.97 Å². The summed E-state index contributed by atoms with van der Waals surface area (Å²) in [5, 5.41) is 1.28. The van der Waals surface area contributed by atoms with Gasteiger partial charge in [0.05, 0.1) is 0 Å². The summed E-state index contributed by atoms with van der Waals surface area (Å²) in [5.74, 6) is 2.75. The van der Waals surface area contributed by atoms with Gasteiger partial charge in [-0.05, 0) is 37.0 Å². The molecule has 32 heavy (non-hydrogen) atoms. The first-order valence-electron chi connectivity index (χ1n) is 11.5. The summed E-state index contributed by atoms with van der Waals surface area (Å²) in [6.07, 6.45) is 2.23. The molecule has 0 N–H and O–H groups in total. The van der Waals surface area contributed by atoms with Crippen molar-refractivity contribution in [1.29, 1.82) is 0 Å². The highest BCUT2D eigenvalue weighted by Gasteiger charge is 2.26. The van der Waals surface area contributed by atoms with Crippen LogP contribution in [0.4, 0.5) is 5.82 Å². The first-order valence-corrected chi connectivity index (χ1v) is 12.3. The van der Waals surface area contributed by atoms with E-state index in [0.717, 1.165) is 48.0 Å². The Morgan fingerprint density at radius 1 is 1.09 bits per heavy atom. The molecule has 1 amide bonds. The maximum Gasteiger partial charge on any atom is 0.222 e. The Bertz CT molecular complexity index is 955. The van der Waals surface area contributed by atoms with E-state index in [1.165, 1.54) is 0 Å². The van der Waals surface area contributed by atoms with E-state index in [-0.39, 0.29) is 11.8 Å².